The molecule has 0 bridgehead atoms. The zero-order chi connectivity index (χ0) is 24.5. The molecule has 0 aliphatic rings. The van der Waals surface area contributed by atoms with Crippen molar-refractivity contribution in [2.24, 2.45) is 0 Å². The predicted octanol–water partition coefficient (Wildman–Crippen LogP) is 7.90. The fourth-order valence-corrected chi connectivity index (χ4v) is 3.87. The number of hydrogen-bond donors (Lipinski definition) is 2. The largest absolute Gasteiger partial charge is 0.472 e. The van der Waals surface area contributed by atoms with E-state index in [1.54, 1.807) is 0 Å². The maximum Gasteiger partial charge on any atom is 0.472 e. The Labute approximate surface area is 188 Å². The Balaban J connectivity index is 3.73. The lowest BCUT2D eigenvalue weighted by molar-refractivity contribution is -0.391. The molecule has 5 nitrogen and oxygen atoms in total. The van der Waals surface area contributed by atoms with E-state index in [1.165, 1.54) is 57.8 Å². The van der Waals surface area contributed by atoms with Gasteiger partial charge < -0.3 is 14.5 Å². The minimum atomic E-state index is -5.93. The Bertz CT molecular complexity index is 507. The third-order valence-corrected chi connectivity index (χ3v) is 5.71. The molecule has 0 aromatic rings. The van der Waals surface area contributed by atoms with Crippen LogP contribution in [0.25, 0.3) is 0 Å². The van der Waals surface area contributed by atoms with Crippen molar-refractivity contribution in [3.8, 4) is 0 Å². The maximum atomic E-state index is 13.8. The number of hydrogen-bond acceptors (Lipinski definition) is 3. The molecule has 194 valence electrons. The second kappa shape index (κ2) is 17.2. The second-order valence-corrected chi connectivity index (χ2v) is 9.36. The molecule has 1 unspecified atom stereocenters. The van der Waals surface area contributed by atoms with Crippen molar-refractivity contribution >= 4 is 7.82 Å². The summed E-state index contributed by atoms with van der Waals surface area (Å²) in [5.74, 6) is -5.24. The monoisotopic (exact) mass is 498 g/mol. The average molecular weight is 499 g/mol. The first-order chi connectivity index (χ1) is 15.0. The van der Waals surface area contributed by atoms with Gasteiger partial charge in [-0.1, -0.05) is 103 Å². The van der Waals surface area contributed by atoms with E-state index >= 15 is 0 Å². The minimum absolute atomic E-state index is 0.0725. The van der Waals surface area contributed by atoms with E-state index in [0.717, 1.165) is 32.1 Å². The molecule has 0 aliphatic carbocycles. The van der Waals surface area contributed by atoms with Crippen LogP contribution in [-0.2, 0) is 13.8 Å². The molecule has 0 amide bonds. The molecular weight excluding hydrogens is 458 g/mol. The quantitative estimate of drug-likeness (QED) is 0.0902. The van der Waals surface area contributed by atoms with Crippen molar-refractivity contribution in [3.05, 3.63) is 0 Å². The van der Waals surface area contributed by atoms with Gasteiger partial charge in [0.25, 0.3) is 0 Å². The average Bonchev–Trinajstić information content (AvgIpc) is 2.68. The molecule has 0 aromatic carbocycles. The SMILES string of the molecule is CCCCCCCCCCCCCCCCCCOC(F)(F)C(F)(OP(=O)(O)O)C(F)F. The summed E-state index contributed by atoms with van der Waals surface area (Å²) in [5.41, 5.74) is 0. The van der Waals surface area contributed by atoms with E-state index < -0.39 is 32.8 Å². The first-order valence-corrected chi connectivity index (χ1v) is 13.2. The highest BCUT2D eigenvalue weighted by Crippen LogP contribution is 2.50. The molecule has 0 fully saturated rings. The molecule has 0 aliphatic heterocycles. The highest BCUT2D eigenvalue weighted by molar-refractivity contribution is 7.46. The molecule has 0 saturated heterocycles. The van der Waals surface area contributed by atoms with Crippen LogP contribution < -0.4 is 0 Å². The highest BCUT2D eigenvalue weighted by atomic mass is 31.2. The van der Waals surface area contributed by atoms with E-state index in [2.05, 4.69) is 16.2 Å². The van der Waals surface area contributed by atoms with Crippen LogP contribution in [-0.4, -0.2) is 34.8 Å². The van der Waals surface area contributed by atoms with Gasteiger partial charge in [-0.15, -0.1) is 0 Å². The lowest BCUT2D eigenvalue weighted by Crippen LogP contribution is -2.53. The Morgan fingerprint density at radius 2 is 1.06 bits per heavy atom. The van der Waals surface area contributed by atoms with E-state index in [9.17, 15) is 26.5 Å². The summed E-state index contributed by atoms with van der Waals surface area (Å²) in [6.07, 6.45) is 7.37. The summed E-state index contributed by atoms with van der Waals surface area (Å²) in [5, 5.41) is 0. The van der Waals surface area contributed by atoms with E-state index in [1.807, 2.05) is 0 Å². The number of unbranched alkanes of at least 4 members (excludes halogenated alkanes) is 15. The van der Waals surface area contributed by atoms with Crippen molar-refractivity contribution in [1.29, 1.82) is 0 Å². The van der Waals surface area contributed by atoms with E-state index in [4.69, 9.17) is 9.79 Å². The van der Waals surface area contributed by atoms with Crippen molar-refractivity contribution in [1.82, 2.24) is 0 Å². The fraction of sp³-hybridized carbons (Fsp3) is 1.00. The van der Waals surface area contributed by atoms with Crippen LogP contribution in [0.1, 0.15) is 110 Å². The molecule has 11 heteroatoms. The number of ether oxygens (including phenoxy) is 1. The van der Waals surface area contributed by atoms with Gasteiger partial charge in [-0.3, -0.25) is 0 Å². The Morgan fingerprint density at radius 1 is 0.719 bits per heavy atom. The zero-order valence-corrected chi connectivity index (χ0v) is 19.9. The molecule has 0 radical (unpaired) electrons. The summed E-state index contributed by atoms with van der Waals surface area (Å²) in [7, 11) is -5.93. The van der Waals surface area contributed by atoms with Gasteiger partial charge in [-0.2, -0.15) is 13.2 Å². The summed E-state index contributed by atoms with van der Waals surface area (Å²) < 4.78 is 83.6. The molecular formula is C21H40F5O5P. The number of alkyl halides is 5. The van der Waals surface area contributed by atoms with Gasteiger partial charge >= 0.3 is 26.2 Å². The molecule has 1 atom stereocenters. The van der Waals surface area contributed by atoms with E-state index in [-0.39, 0.29) is 6.42 Å². The van der Waals surface area contributed by atoms with Gasteiger partial charge in [-0.25, -0.2) is 17.9 Å². The molecule has 32 heavy (non-hydrogen) atoms. The lowest BCUT2D eigenvalue weighted by Gasteiger charge is -2.31. The standard InChI is InChI=1S/C21H40F5O5P/c1-2-3-4-5-6-7-8-9-10-11-12-13-14-15-16-17-18-30-21(25,26)20(24,19(22)23)31-32(27,28)29/h19H,2-18H2,1H3,(H2,27,28,29). The Morgan fingerprint density at radius 3 is 1.38 bits per heavy atom. The number of rotatable bonds is 22. The van der Waals surface area contributed by atoms with Gasteiger partial charge in [0.1, 0.15) is 0 Å². The van der Waals surface area contributed by atoms with Gasteiger partial charge in [0.05, 0.1) is 6.61 Å². The van der Waals surface area contributed by atoms with Crippen LogP contribution in [0, 0.1) is 0 Å². The van der Waals surface area contributed by atoms with E-state index in [0.29, 0.717) is 6.42 Å². The number of phosphoric ester groups is 1. The molecule has 0 spiro atoms. The topological polar surface area (TPSA) is 76.0 Å². The van der Waals surface area contributed by atoms with Crippen LogP contribution >= 0.6 is 7.82 Å². The second-order valence-electron chi connectivity index (χ2n) is 8.20. The summed E-state index contributed by atoms with van der Waals surface area (Å²) in [6.45, 7) is 1.47. The number of phosphoric acid groups is 1. The van der Waals surface area contributed by atoms with Crippen LogP contribution in [0.4, 0.5) is 22.0 Å². The van der Waals surface area contributed by atoms with Crippen LogP contribution in [0.3, 0.4) is 0 Å². The first-order valence-electron chi connectivity index (χ1n) is 11.7. The Hall–Kier alpha value is -0.280. The van der Waals surface area contributed by atoms with Crippen molar-refractivity contribution in [3.63, 3.8) is 0 Å². The predicted molar refractivity (Wildman–Crippen MR) is 113 cm³/mol. The Kier molecular flexibility index (Phi) is 17.0. The first kappa shape index (κ1) is 31.7. The van der Waals surface area contributed by atoms with Crippen molar-refractivity contribution in [2.45, 2.75) is 128 Å². The number of halogens is 5. The van der Waals surface area contributed by atoms with Gasteiger partial charge in [0, 0.05) is 0 Å². The maximum absolute atomic E-state index is 13.8. The molecule has 0 rings (SSSR count). The molecule has 0 heterocycles. The molecule has 0 saturated carbocycles. The van der Waals surface area contributed by atoms with Crippen LogP contribution in [0.5, 0.6) is 0 Å². The highest BCUT2D eigenvalue weighted by Gasteiger charge is 2.67. The third kappa shape index (κ3) is 14.8. The van der Waals surface area contributed by atoms with Crippen molar-refractivity contribution in [2.75, 3.05) is 6.61 Å². The summed E-state index contributed by atoms with van der Waals surface area (Å²) in [4.78, 5) is 16.8. The van der Waals surface area contributed by atoms with Crippen LogP contribution in [0.15, 0.2) is 0 Å². The van der Waals surface area contributed by atoms with Gasteiger partial charge in [0.15, 0.2) is 0 Å². The smallest absolute Gasteiger partial charge is 0.316 e. The van der Waals surface area contributed by atoms with Crippen molar-refractivity contribution < 1.29 is 45.6 Å². The normalized spacial score (nSPS) is 14.8. The summed E-state index contributed by atoms with van der Waals surface area (Å²) in [6, 6.07) is 0. The third-order valence-electron chi connectivity index (χ3n) is 5.21. The van der Waals surface area contributed by atoms with Crippen LogP contribution in [0.2, 0.25) is 0 Å². The molecule has 0 aromatic heterocycles. The minimum Gasteiger partial charge on any atom is -0.316 e. The fourth-order valence-electron chi connectivity index (χ4n) is 3.34. The lowest BCUT2D eigenvalue weighted by atomic mass is 10.0. The van der Waals surface area contributed by atoms with Gasteiger partial charge in [0.2, 0.25) is 0 Å². The zero-order valence-electron chi connectivity index (χ0n) is 19.1. The summed E-state index contributed by atoms with van der Waals surface area (Å²) >= 11 is 0. The molecule has 2 N–H and O–H groups in total. The van der Waals surface area contributed by atoms with Gasteiger partial charge in [-0.05, 0) is 6.42 Å².